The predicted octanol–water partition coefficient (Wildman–Crippen LogP) is 1.93. The largest absolute Gasteiger partial charge is 0.381 e. The topological polar surface area (TPSA) is 54.2 Å². The summed E-state index contributed by atoms with van der Waals surface area (Å²) in [5.74, 6) is 1.34. The molecule has 2 aromatic heterocycles. The Bertz CT molecular complexity index is 655. The zero-order chi connectivity index (χ0) is 15.9. The van der Waals surface area contributed by atoms with Crippen LogP contribution in [0.2, 0.25) is 0 Å². The summed E-state index contributed by atoms with van der Waals surface area (Å²) in [4.78, 5) is 11.4. The SMILES string of the molecule is Cn1ccnc1C1(O)C2CCCC1CN(Cc1ccccn1)C2. The molecule has 1 saturated carbocycles. The van der Waals surface area contributed by atoms with E-state index in [4.69, 9.17) is 0 Å². The molecular formula is C18H24N4O. The molecule has 1 saturated heterocycles. The lowest BCUT2D eigenvalue weighted by atomic mass is 9.65. The summed E-state index contributed by atoms with van der Waals surface area (Å²) in [5.41, 5.74) is 0.324. The van der Waals surface area contributed by atoms with Gasteiger partial charge in [-0.15, -0.1) is 0 Å². The van der Waals surface area contributed by atoms with Crippen LogP contribution < -0.4 is 0 Å². The van der Waals surface area contributed by atoms with Crippen molar-refractivity contribution in [3.8, 4) is 0 Å². The highest BCUT2D eigenvalue weighted by Crippen LogP contribution is 2.48. The maximum absolute atomic E-state index is 11.6. The molecule has 2 aliphatic rings. The van der Waals surface area contributed by atoms with Gasteiger partial charge >= 0.3 is 0 Å². The quantitative estimate of drug-likeness (QED) is 0.941. The fraction of sp³-hybridized carbons (Fsp3) is 0.556. The number of piperidine rings is 1. The van der Waals surface area contributed by atoms with Gasteiger partial charge in [0, 0.05) is 57.1 Å². The molecule has 4 rings (SSSR count). The van der Waals surface area contributed by atoms with Crippen molar-refractivity contribution in [3.63, 3.8) is 0 Å². The number of hydrogen-bond acceptors (Lipinski definition) is 4. The highest BCUT2D eigenvalue weighted by Gasteiger charge is 2.53. The van der Waals surface area contributed by atoms with Crippen LogP contribution in [0.15, 0.2) is 36.8 Å². The fourth-order valence-corrected chi connectivity index (χ4v) is 4.51. The second kappa shape index (κ2) is 5.73. The molecule has 5 nitrogen and oxygen atoms in total. The van der Waals surface area contributed by atoms with Crippen molar-refractivity contribution in [2.75, 3.05) is 13.1 Å². The molecule has 1 N–H and O–H groups in total. The summed E-state index contributed by atoms with van der Waals surface area (Å²) >= 11 is 0. The monoisotopic (exact) mass is 312 g/mol. The maximum Gasteiger partial charge on any atom is 0.141 e. The lowest BCUT2D eigenvalue weighted by molar-refractivity contribution is -0.155. The van der Waals surface area contributed by atoms with Gasteiger partial charge < -0.3 is 9.67 Å². The van der Waals surface area contributed by atoms with E-state index < -0.39 is 5.60 Å². The number of nitrogens with zero attached hydrogens (tertiary/aromatic N) is 4. The molecule has 0 aromatic carbocycles. The van der Waals surface area contributed by atoms with Crippen LogP contribution in [0.25, 0.3) is 0 Å². The average Bonchev–Trinajstić information content (AvgIpc) is 2.96. The van der Waals surface area contributed by atoms with Gasteiger partial charge in [-0.1, -0.05) is 12.5 Å². The number of rotatable bonds is 3. The molecule has 2 aromatic rings. The van der Waals surface area contributed by atoms with Crippen LogP contribution >= 0.6 is 0 Å². The molecule has 2 atom stereocenters. The first-order valence-corrected chi connectivity index (χ1v) is 8.50. The van der Waals surface area contributed by atoms with Crippen molar-refractivity contribution < 1.29 is 5.11 Å². The minimum atomic E-state index is -0.781. The number of likely N-dealkylation sites (tertiary alicyclic amines) is 1. The molecule has 0 amide bonds. The van der Waals surface area contributed by atoms with E-state index in [0.717, 1.165) is 44.0 Å². The molecule has 23 heavy (non-hydrogen) atoms. The van der Waals surface area contributed by atoms with Gasteiger partial charge in [-0.05, 0) is 25.0 Å². The van der Waals surface area contributed by atoms with Crippen LogP contribution in [0.5, 0.6) is 0 Å². The van der Waals surface area contributed by atoms with Crippen LogP contribution in [0, 0.1) is 11.8 Å². The van der Waals surface area contributed by atoms with Gasteiger partial charge in [0.05, 0.1) is 5.69 Å². The van der Waals surface area contributed by atoms with E-state index in [0.29, 0.717) is 0 Å². The number of imidazole rings is 1. The standard InChI is InChI=1S/C18H24N4O/c1-21-10-9-20-17(21)18(23)14-5-4-6-15(18)12-22(11-14)13-16-7-2-3-8-19-16/h2-3,7-10,14-15,23H,4-6,11-13H2,1H3. The molecule has 1 aliphatic carbocycles. The Hall–Kier alpha value is -1.72. The summed E-state index contributed by atoms with van der Waals surface area (Å²) in [6.45, 7) is 2.69. The fourth-order valence-electron chi connectivity index (χ4n) is 4.51. The number of fused-ring (bicyclic) bond motifs is 2. The van der Waals surface area contributed by atoms with Gasteiger partial charge in [0.2, 0.25) is 0 Å². The lowest BCUT2D eigenvalue weighted by Gasteiger charge is -2.52. The zero-order valence-corrected chi connectivity index (χ0v) is 13.6. The van der Waals surface area contributed by atoms with Crippen molar-refractivity contribution in [1.29, 1.82) is 0 Å². The highest BCUT2D eigenvalue weighted by molar-refractivity contribution is 5.15. The summed E-state index contributed by atoms with van der Waals surface area (Å²) in [6, 6.07) is 6.07. The molecular weight excluding hydrogens is 288 g/mol. The van der Waals surface area contributed by atoms with Crippen LogP contribution in [0.1, 0.15) is 30.8 Å². The van der Waals surface area contributed by atoms with E-state index in [-0.39, 0.29) is 11.8 Å². The molecule has 0 radical (unpaired) electrons. The van der Waals surface area contributed by atoms with Gasteiger partial charge in [0.25, 0.3) is 0 Å². The van der Waals surface area contributed by atoms with Crippen molar-refractivity contribution in [1.82, 2.24) is 19.4 Å². The minimum absolute atomic E-state index is 0.250. The Labute approximate surface area is 137 Å². The van der Waals surface area contributed by atoms with Gasteiger partial charge in [-0.3, -0.25) is 9.88 Å². The molecule has 3 heterocycles. The average molecular weight is 312 g/mol. The van der Waals surface area contributed by atoms with Gasteiger partial charge in [0.15, 0.2) is 0 Å². The number of hydrogen-bond donors (Lipinski definition) is 1. The first-order chi connectivity index (χ1) is 11.2. The van der Waals surface area contributed by atoms with Gasteiger partial charge in [-0.2, -0.15) is 0 Å². The second-order valence-corrected chi connectivity index (χ2v) is 7.03. The minimum Gasteiger partial charge on any atom is -0.381 e. The van der Waals surface area contributed by atoms with E-state index in [1.807, 2.05) is 36.1 Å². The summed E-state index contributed by atoms with van der Waals surface area (Å²) in [6.07, 6.45) is 8.92. The van der Waals surface area contributed by atoms with Crippen molar-refractivity contribution in [3.05, 3.63) is 48.3 Å². The molecule has 2 bridgehead atoms. The third-order valence-corrected chi connectivity index (χ3v) is 5.60. The number of aliphatic hydroxyl groups is 1. The van der Waals surface area contributed by atoms with E-state index >= 15 is 0 Å². The Balaban J connectivity index is 1.59. The summed E-state index contributed by atoms with van der Waals surface area (Å²) in [7, 11) is 1.98. The van der Waals surface area contributed by atoms with Crippen LogP contribution in [-0.2, 0) is 19.2 Å². The summed E-state index contributed by atoms with van der Waals surface area (Å²) < 4.78 is 1.99. The Morgan fingerprint density at radius 2 is 1.96 bits per heavy atom. The van der Waals surface area contributed by atoms with E-state index in [9.17, 15) is 5.11 Å². The molecule has 1 aliphatic heterocycles. The number of pyridine rings is 1. The first kappa shape index (κ1) is 14.8. The van der Waals surface area contributed by atoms with Crippen LogP contribution in [0.3, 0.4) is 0 Å². The second-order valence-electron chi connectivity index (χ2n) is 7.03. The third-order valence-electron chi connectivity index (χ3n) is 5.60. The van der Waals surface area contributed by atoms with Crippen molar-refractivity contribution >= 4 is 0 Å². The van der Waals surface area contributed by atoms with Crippen molar-refractivity contribution in [2.45, 2.75) is 31.4 Å². The maximum atomic E-state index is 11.6. The molecule has 2 fully saturated rings. The zero-order valence-electron chi connectivity index (χ0n) is 13.6. The smallest absolute Gasteiger partial charge is 0.141 e. The third kappa shape index (κ3) is 2.48. The highest BCUT2D eigenvalue weighted by atomic mass is 16.3. The molecule has 0 spiro atoms. The van der Waals surface area contributed by atoms with Crippen molar-refractivity contribution in [2.24, 2.45) is 18.9 Å². The van der Waals surface area contributed by atoms with Crippen LogP contribution in [0.4, 0.5) is 0 Å². The van der Waals surface area contributed by atoms with Gasteiger partial charge in [-0.25, -0.2) is 4.98 Å². The van der Waals surface area contributed by atoms with E-state index in [1.54, 1.807) is 6.20 Å². The Kier molecular flexibility index (Phi) is 3.70. The van der Waals surface area contributed by atoms with E-state index in [1.165, 1.54) is 6.42 Å². The molecule has 5 heteroatoms. The normalized spacial score (nSPS) is 31.2. The number of aromatic nitrogens is 3. The summed E-state index contributed by atoms with van der Waals surface area (Å²) in [5, 5.41) is 11.6. The molecule has 122 valence electrons. The lowest BCUT2D eigenvalue weighted by Crippen LogP contribution is -2.58. The number of aryl methyl sites for hydroxylation is 1. The Morgan fingerprint density at radius 1 is 1.17 bits per heavy atom. The van der Waals surface area contributed by atoms with Crippen LogP contribution in [-0.4, -0.2) is 37.6 Å². The predicted molar refractivity (Wildman–Crippen MR) is 87.4 cm³/mol. The Morgan fingerprint density at radius 3 is 2.57 bits per heavy atom. The first-order valence-electron chi connectivity index (χ1n) is 8.50. The van der Waals surface area contributed by atoms with E-state index in [2.05, 4.69) is 20.9 Å². The molecule has 2 unspecified atom stereocenters. The van der Waals surface area contributed by atoms with Gasteiger partial charge in [0.1, 0.15) is 11.4 Å².